The smallest absolute Gasteiger partial charge is 0.225 e. The predicted octanol–water partition coefficient (Wildman–Crippen LogP) is 3.23. The molecule has 1 unspecified atom stereocenters. The molecule has 0 spiro atoms. The van der Waals surface area contributed by atoms with Gasteiger partial charge in [-0.25, -0.2) is 0 Å². The molecule has 2 aromatic rings. The number of carbonyl (C=O) groups is 2. The summed E-state index contributed by atoms with van der Waals surface area (Å²) in [7, 11) is 0. The zero-order chi connectivity index (χ0) is 22.1. The molecule has 1 fully saturated rings. The van der Waals surface area contributed by atoms with Crippen LogP contribution in [0.4, 0.5) is 0 Å². The summed E-state index contributed by atoms with van der Waals surface area (Å²) in [5.41, 5.74) is 2.27. The second kappa shape index (κ2) is 11.4. The zero-order valence-electron chi connectivity index (χ0n) is 18.4. The number of nitrogens with one attached hydrogen (secondary N) is 1. The van der Waals surface area contributed by atoms with E-state index in [1.165, 1.54) is 5.56 Å². The Morgan fingerprint density at radius 2 is 1.74 bits per heavy atom. The Balaban J connectivity index is 1.45. The van der Waals surface area contributed by atoms with E-state index in [4.69, 9.17) is 9.47 Å². The summed E-state index contributed by atoms with van der Waals surface area (Å²) < 4.78 is 11.3. The Morgan fingerprint density at radius 1 is 1.00 bits per heavy atom. The van der Waals surface area contributed by atoms with Crippen LogP contribution in [0.15, 0.2) is 48.5 Å². The van der Waals surface area contributed by atoms with Gasteiger partial charge in [-0.15, -0.1) is 0 Å². The molecule has 3 rings (SSSR count). The zero-order valence-corrected chi connectivity index (χ0v) is 18.4. The SMILES string of the molecule is CCOc1ccc(CCNC(=O)C2CC(=O)N(CCc3ccccc3)C2)cc1OCC. The number of amides is 2. The van der Waals surface area contributed by atoms with Crippen molar-refractivity contribution in [1.29, 1.82) is 0 Å². The lowest BCUT2D eigenvalue weighted by molar-refractivity contribution is -0.129. The Labute approximate surface area is 184 Å². The van der Waals surface area contributed by atoms with Crippen LogP contribution in [0.25, 0.3) is 0 Å². The van der Waals surface area contributed by atoms with Crippen LogP contribution in [0.3, 0.4) is 0 Å². The lowest BCUT2D eigenvalue weighted by Crippen LogP contribution is -2.34. The Bertz CT molecular complexity index is 869. The molecular formula is C25H32N2O4. The number of nitrogens with zero attached hydrogens (tertiary/aromatic N) is 1. The van der Waals surface area contributed by atoms with Crippen molar-refractivity contribution in [2.45, 2.75) is 33.1 Å². The van der Waals surface area contributed by atoms with E-state index in [9.17, 15) is 9.59 Å². The Hall–Kier alpha value is -3.02. The predicted molar refractivity (Wildman–Crippen MR) is 120 cm³/mol. The molecule has 2 aromatic carbocycles. The molecule has 31 heavy (non-hydrogen) atoms. The van der Waals surface area contributed by atoms with Crippen molar-refractivity contribution in [3.05, 3.63) is 59.7 Å². The monoisotopic (exact) mass is 424 g/mol. The summed E-state index contributed by atoms with van der Waals surface area (Å²) >= 11 is 0. The number of ether oxygens (including phenoxy) is 2. The van der Waals surface area contributed by atoms with Crippen molar-refractivity contribution in [2.24, 2.45) is 5.92 Å². The van der Waals surface area contributed by atoms with Gasteiger partial charge in [0.2, 0.25) is 11.8 Å². The van der Waals surface area contributed by atoms with Gasteiger partial charge in [-0.05, 0) is 49.9 Å². The molecule has 166 valence electrons. The highest BCUT2D eigenvalue weighted by molar-refractivity contribution is 5.89. The van der Waals surface area contributed by atoms with Crippen LogP contribution in [0.5, 0.6) is 11.5 Å². The van der Waals surface area contributed by atoms with E-state index in [0.717, 1.165) is 23.5 Å². The van der Waals surface area contributed by atoms with E-state index in [1.54, 1.807) is 4.90 Å². The number of rotatable bonds is 11. The van der Waals surface area contributed by atoms with Gasteiger partial charge in [0.05, 0.1) is 19.1 Å². The number of carbonyl (C=O) groups excluding carboxylic acids is 2. The van der Waals surface area contributed by atoms with E-state index in [2.05, 4.69) is 17.4 Å². The van der Waals surface area contributed by atoms with Crippen LogP contribution < -0.4 is 14.8 Å². The van der Waals surface area contributed by atoms with Crippen LogP contribution in [-0.2, 0) is 22.4 Å². The first-order valence-electron chi connectivity index (χ1n) is 11.1. The standard InChI is InChI=1S/C25H32N2O4/c1-3-30-22-11-10-20(16-23(22)31-4-2)12-14-26-25(29)21-17-24(28)27(18-21)15-13-19-8-6-5-7-9-19/h5-11,16,21H,3-4,12-15,17-18H2,1-2H3,(H,26,29). The van der Waals surface area contributed by atoms with Gasteiger partial charge in [-0.3, -0.25) is 9.59 Å². The molecule has 0 aliphatic carbocycles. The molecule has 0 bridgehead atoms. The maximum Gasteiger partial charge on any atom is 0.225 e. The highest BCUT2D eigenvalue weighted by Gasteiger charge is 2.33. The summed E-state index contributed by atoms with van der Waals surface area (Å²) in [5.74, 6) is 1.19. The van der Waals surface area contributed by atoms with Crippen molar-refractivity contribution in [3.63, 3.8) is 0 Å². The molecule has 1 atom stereocenters. The van der Waals surface area contributed by atoms with Crippen molar-refractivity contribution in [3.8, 4) is 11.5 Å². The van der Waals surface area contributed by atoms with Crippen molar-refractivity contribution >= 4 is 11.8 Å². The third-order valence-electron chi connectivity index (χ3n) is 5.42. The van der Waals surface area contributed by atoms with E-state index in [1.807, 2.05) is 50.2 Å². The van der Waals surface area contributed by atoms with Gasteiger partial charge < -0.3 is 19.7 Å². The van der Waals surface area contributed by atoms with Crippen LogP contribution >= 0.6 is 0 Å². The average molecular weight is 425 g/mol. The summed E-state index contributed by atoms with van der Waals surface area (Å²) in [6, 6.07) is 16.0. The molecule has 0 radical (unpaired) electrons. The number of benzene rings is 2. The summed E-state index contributed by atoms with van der Waals surface area (Å²) in [4.78, 5) is 26.7. The molecule has 2 amide bonds. The molecule has 1 N–H and O–H groups in total. The molecule has 1 aliphatic heterocycles. The van der Waals surface area contributed by atoms with Crippen molar-refractivity contribution < 1.29 is 19.1 Å². The second-order valence-corrected chi connectivity index (χ2v) is 7.66. The van der Waals surface area contributed by atoms with Gasteiger partial charge >= 0.3 is 0 Å². The van der Waals surface area contributed by atoms with E-state index >= 15 is 0 Å². The van der Waals surface area contributed by atoms with Gasteiger partial charge in [0.25, 0.3) is 0 Å². The topological polar surface area (TPSA) is 67.9 Å². The fourth-order valence-electron chi connectivity index (χ4n) is 3.80. The molecular weight excluding hydrogens is 392 g/mol. The molecule has 1 saturated heterocycles. The van der Waals surface area contributed by atoms with Crippen LogP contribution in [0.2, 0.25) is 0 Å². The quantitative estimate of drug-likeness (QED) is 0.601. The molecule has 1 aliphatic rings. The fourth-order valence-corrected chi connectivity index (χ4v) is 3.80. The molecule has 0 saturated carbocycles. The fraction of sp³-hybridized carbons (Fsp3) is 0.440. The normalized spacial score (nSPS) is 15.7. The number of likely N-dealkylation sites (tertiary alicyclic amines) is 1. The first-order chi connectivity index (χ1) is 15.1. The maximum absolute atomic E-state index is 12.6. The largest absolute Gasteiger partial charge is 0.490 e. The van der Waals surface area contributed by atoms with E-state index in [0.29, 0.717) is 39.3 Å². The van der Waals surface area contributed by atoms with Crippen LogP contribution in [-0.4, -0.2) is 49.6 Å². The van der Waals surface area contributed by atoms with E-state index < -0.39 is 0 Å². The number of hydrogen-bond acceptors (Lipinski definition) is 4. The third kappa shape index (κ3) is 6.48. The summed E-state index contributed by atoms with van der Waals surface area (Å²) in [6.07, 6.45) is 1.79. The first kappa shape index (κ1) is 22.7. The molecule has 0 aromatic heterocycles. The summed E-state index contributed by atoms with van der Waals surface area (Å²) in [5, 5.41) is 2.99. The number of hydrogen-bond donors (Lipinski definition) is 1. The van der Waals surface area contributed by atoms with Crippen LogP contribution in [0.1, 0.15) is 31.4 Å². The van der Waals surface area contributed by atoms with Gasteiger partial charge in [0.1, 0.15) is 0 Å². The third-order valence-corrected chi connectivity index (χ3v) is 5.42. The van der Waals surface area contributed by atoms with Gasteiger partial charge in [0, 0.05) is 26.1 Å². The summed E-state index contributed by atoms with van der Waals surface area (Å²) in [6.45, 7) is 6.69. The average Bonchev–Trinajstić information content (AvgIpc) is 3.15. The lowest BCUT2D eigenvalue weighted by Gasteiger charge is -2.16. The van der Waals surface area contributed by atoms with E-state index in [-0.39, 0.29) is 24.2 Å². The van der Waals surface area contributed by atoms with Gasteiger partial charge in [-0.2, -0.15) is 0 Å². The molecule has 6 heteroatoms. The maximum atomic E-state index is 12.6. The van der Waals surface area contributed by atoms with Gasteiger partial charge in [0.15, 0.2) is 11.5 Å². The second-order valence-electron chi connectivity index (χ2n) is 7.66. The minimum atomic E-state index is -0.275. The Kier molecular flexibility index (Phi) is 8.33. The minimum absolute atomic E-state index is 0.0495. The van der Waals surface area contributed by atoms with Crippen molar-refractivity contribution in [2.75, 3.05) is 32.8 Å². The minimum Gasteiger partial charge on any atom is -0.490 e. The lowest BCUT2D eigenvalue weighted by atomic mass is 10.1. The van der Waals surface area contributed by atoms with Gasteiger partial charge in [-0.1, -0.05) is 36.4 Å². The van der Waals surface area contributed by atoms with Crippen LogP contribution in [0, 0.1) is 5.92 Å². The van der Waals surface area contributed by atoms with Crippen molar-refractivity contribution in [1.82, 2.24) is 10.2 Å². The highest BCUT2D eigenvalue weighted by Crippen LogP contribution is 2.28. The molecule has 6 nitrogen and oxygen atoms in total. The molecule has 1 heterocycles. The first-order valence-corrected chi connectivity index (χ1v) is 11.1. The highest BCUT2D eigenvalue weighted by atomic mass is 16.5. The Morgan fingerprint density at radius 3 is 2.48 bits per heavy atom.